The Balaban J connectivity index is 1.64. The number of nitrogens with one attached hydrogen (secondary N) is 1. The van der Waals surface area contributed by atoms with Gasteiger partial charge in [0, 0.05) is 12.6 Å². The summed E-state index contributed by atoms with van der Waals surface area (Å²) in [4.78, 5) is 30.4. The molecule has 2 aliphatic rings. The number of carbonyl (C=O) groups is 2. The number of nitrogens with zero attached hydrogens (tertiary/aromatic N) is 3. The van der Waals surface area contributed by atoms with Gasteiger partial charge < -0.3 is 9.64 Å². The number of fused-ring (bicyclic) bond motifs is 1. The number of hydrogen-bond donors (Lipinski definition) is 1. The molecule has 1 aliphatic carbocycles. The quantitative estimate of drug-likeness (QED) is 0.699. The second-order valence-electron chi connectivity index (χ2n) is 7.52. The maximum Gasteiger partial charge on any atom is 0.331 e. The molecule has 30 heavy (non-hydrogen) atoms. The zero-order valence-electron chi connectivity index (χ0n) is 16.9. The van der Waals surface area contributed by atoms with Gasteiger partial charge in [-0.1, -0.05) is 31.4 Å². The van der Waals surface area contributed by atoms with Crippen molar-refractivity contribution in [3.05, 3.63) is 29.8 Å². The van der Waals surface area contributed by atoms with Gasteiger partial charge in [-0.15, -0.1) is 0 Å². The lowest BCUT2D eigenvalue weighted by atomic mass is 9.81. The molecule has 1 fully saturated rings. The van der Waals surface area contributed by atoms with Crippen LogP contribution in [0, 0.1) is 11.3 Å². The van der Waals surface area contributed by atoms with E-state index in [0.717, 1.165) is 19.3 Å². The van der Waals surface area contributed by atoms with E-state index in [0.29, 0.717) is 18.4 Å². The molecular weight excluding hydrogens is 408 g/mol. The number of amides is 1. The number of carbonyl (C=O) groups excluding carboxylic acids is 2. The summed E-state index contributed by atoms with van der Waals surface area (Å²) >= 11 is 0. The van der Waals surface area contributed by atoms with Crippen LogP contribution in [0.25, 0.3) is 0 Å². The van der Waals surface area contributed by atoms with Gasteiger partial charge in [0.15, 0.2) is 6.61 Å². The summed E-state index contributed by atoms with van der Waals surface area (Å²) in [6.07, 6.45) is 3.98. The van der Waals surface area contributed by atoms with Crippen LogP contribution >= 0.6 is 0 Å². The number of esters is 1. The highest BCUT2D eigenvalue weighted by Crippen LogP contribution is 2.32. The summed E-state index contributed by atoms with van der Waals surface area (Å²) < 4.78 is 31.7. The number of benzene rings is 1. The molecule has 1 aromatic carbocycles. The number of ether oxygens (including phenoxy) is 1. The molecule has 160 valence electrons. The molecule has 0 saturated heterocycles. The van der Waals surface area contributed by atoms with Gasteiger partial charge >= 0.3 is 5.97 Å². The highest BCUT2D eigenvalue weighted by molar-refractivity contribution is 7.90. The summed E-state index contributed by atoms with van der Waals surface area (Å²) in [6, 6.07) is 7.54. The van der Waals surface area contributed by atoms with Crippen LogP contribution in [0.5, 0.6) is 0 Å². The van der Waals surface area contributed by atoms with E-state index in [-0.39, 0.29) is 10.7 Å². The van der Waals surface area contributed by atoms with E-state index in [4.69, 9.17) is 4.74 Å². The second kappa shape index (κ2) is 8.44. The molecule has 1 amide bonds. The van der Waals surface area contributed by atoms with Gasteiger partial charge in [0.2, 0.25) is 0 Å². The summed E-state index contributed by atoms with van der Waals surface area (Å²) in [5.41, 5.74) is -0.486. The molecule has 3 rings (SSSR count). The van der Waals surface area contributed by atoms with Gasteiger partial charge in [-0.25, -0.2) is 13.2 Å². The van der Waals surface area contributed by atoms with Crippen LogP contribution in [-0.4, -0.2) is 56.3 Å². The lowest BCUT2D eigenvalue weighted by Crippen LogP contribution is -2.51. The fraction of sp³-hybridized carbons (Fsp3) is 0.500. The Morgan fingerprint density at radius 1 is 1.30 bits per heavy atom. The highest BCUT2D eigenvalue weighted by atomic mass is 32.2. The second-order valence-corrected chi connectivity index (χ2v) is 9.17. The lowest BCUT2D eigenvalue weighted by Gasteiger charge is -2.38. The summed E-state index contributed by atoms with van der Waals surface area (Å²) in [7, 11) is -2.16. The number of nitriles is 1. The van der Waals surface area contributed by atoms with Gasteiger partial charge in [-0.3, -0.25) is 14.5 Å². The molecule has 1 aromatic rings. The number of hydrogen-bond acceptors (Lipinski definition) is 7. The Hall–Kier alpha value is -2.93. The molecule has 10 heteroatoms. The van der Waals surface area contributed by atoms with E-state index in [1.54, 1.807) is 25.2 Å². The van der Waals surface area contributed by atoms with E-state index in [2.05, 4.69) is 15.8 Å². The Labute approximate surface area is 175 Å². The molecule has 1 atom stereocenters. The van der Waals surface area contributed by atoms with Crippen LogP contribution < -0.4 is 4.72 Å². The average Bonchev–Trinajstić information content (AvgIpc) is 3.01. The fourth-order valence-electron chi connectivity index (χ4n) is 3.72. The summed E-state index contributed by atoms with van der Waals surface area (Å²) in [6.45, 7) is 0.951. The largest absolute Gasteiger partial charge is 0.454 e. The molecule has 0 radical (unpaired) electrons. The number of likely N-dealkylation sites (N-methyl/N-ethyl adjacent to an activating group) is 1. The molecule has 1 heterocycles. The predicted molar refractivity (Wildman–Crippen MR) is 108 cm³/mol. The maximum absolute atomic E-state index is 12.5. The molecule has 0 unspecified atom stereocenters. The number of amidine groups is 1. The topological polar surface area (TPSA) is 129 Å². The van der Waals surface area contributed by atoms with Crippen molar-refractivity contribution in [2.75, 3.05) is 13.7 Å². The third-order valence-electron chi connectivity index (χ3n) is 5.57. The molecular formula is C20H24N4O5S. The van der Waals surface area contributed by atoms with Crippen molar-refractivity contribution in [1.82, 2.24) is 9.62 Å². The molecule has 0 spiro atoms. The van der Waals surface area contributed by atoms with Crippen molar-refractivity contribution in [1.29, 1.82) is 5.26 Å². The Bertz CT molecular complexity index is 1020. The molecule has 9 nitrogen and oxygen atoms in total. The minimum absolute atomic E-state index is 0.0594. The van der Waals surface area contributed by atoms with Crippen LogP contribution in [0.3, 0.4) is 0 Å². The number of rotatable bonds is 5. The lowest BCUT2D eigenvalue weighted by molar-refractivity contribution is -0.154. The van der Waals surface area contributed by atoms with Crippen molar-refractivity contribution in [3.8, 4) is 6.07 Å². The first-order chi connectivity index (χ1) is 14.2. The van der Waals surface area contributed by atoms with Crippen LogP contribution in [0.2, 0.25) is 0 Å². The minimum Gasteiger partial charge on any atom is -0.454 e. The van der Waals surface area contributed by atoms with Crippen LogP contribution in [-0.2, 0) is 24.3 Å². The molecule has 1 saturated carbocycles. The standard InChI is InChI=1S/C20H24N4O5S/c1-14(22-18-15-8-4-5-9-16(15)30(27,28)23-18)19(26)29-12-17(25)24(2)20(13-21)10-6-3-7-11-20/h4-5,8-9,14H,3,6-7,10-12H2,1-2H3,(H,22,23)/t14-/m0/s1. The van der Waals surface area contributed by atoms with Crippen molar-refractivity contribution in [3.63, 3.8) is 0 Å². The van der Waals surface area contributed by atoms with Gasteiger partial charge in [-0.05, 0) is 31.9 Å². The van der Waals surface area contributed by atoms with Gasteiger partial charge in [0.05, 0.1) is 11.0 Å². The van der Waals surface area contributed by atoms with Gasteiger partial charge in [0.25, 0.3) is 15.9 Å². The van der Waals surface area contributed by atoms with E-state index in [9.17, 15) is 23.3 Å². The van der Waals surface area contributed by atoms with Crippen LogP contribution in [0.1, 0.15) is 44.6 Å². The van der Waals surface area contributed by atoms with Gasteiger partial charge in [-0.2, -0.15) is 5.26 Å². The smallest absolute Gasteiger partial charge is 0.331 e. The van der Waals surface area contributed by atoms with E-state index in [1.165, 1.54) is 17.9 Å². The third-order valence-corrected chi connectivity index (χ3v) is 6.97. The van der Waals surface area contributed by atoms with E-state index in [1.807, 2.05) is 0 Å². The SMILES string of the molecule is C[C@H](N=C1NS(=O)(=O)c2ccccc21)C(=O)OCC(=O)N(C)C1(C#N)CCCCC1. The number of sulfonamides is 1. The zero-order valence-corrected chi connectivity index (χ0v) is 17.7. The fourth-order valence-corrected chi connectivity index (χ4v) is 4.96. The maximum atomic E-state index is 12.5. The minimum atomic E-state index is -3.71. The van der Waals surface area contributed by atoms with Crippen molar-refractivity contribution in [2.45, 2.75) is 55.5 Å². The van der Waals surface area contributed by atoms with E-state index < -0.39 is 40.1 Å². The molecule has 0 bridgehead atoms. The first-order valence-electron chi connectivity index (χ1n) is 9.75. The zero-order chi connectivity index (χ0) is 21.9. The molecule has 0 aromatic heterocycles. The Morgan fingerprint density at radius 2 is 1.97 bits per heavy atom. The number of aliphatic imine (C=N–C) groups is 1. The van der Waals surface area contributed by atoms with Crippen LogP contribution in [0.4, 0.5) is 0 Å². The van der Waals surface area contributed by atoms with Crippen LogP contribution in [0.15, 0.2) is 34.2 Å². The third kappa shape index (κ3) is 4.16. The van der Waals surface area contributed by atoms with Crippen molar-refractivity contribution in [2.24, 2.45) is 4.99 Å². The highest BCUT2D eigenvalue weighted by Gasteiger charge is 2.39. The molecule has 1 aliphatic heterocycles. The summed E-state index contributed by atoms with van der Waals surface area (Å²) in [5, 5.41) is 9.58. The Kier molecular flexibility index (Phi) is 6.12. The monoisotopic (exact) mass is 432 g/mol. The first-order valence-corrected chi connectivity index (χ1v) is 11.2. The average molecular weight is 433 g/mol. The van der Waals surface area contributed by atoms with E-state index >= 15 is 0 Å². The van der Waals surface area contributed by atoms with Gasteiger partial charge in [0.1, 0.15) is 17.4 Å². The normalized spacial score (nSPS) is 21.0. The Morgan fingerprint density at radius 3 is 2.63 bits per heavy atom. The molecule has 1 N–H and O–H groups in total. The van der Waals surface area contributed by atoms with Crippen molar-refractivity contribution >= 4 is 27.7 Å². The summed E-state index contributed by atoms with van der Waals surface area (Å²) in [5.74, 6) is -1.16. The first kappa shape index (κ1) is 21.8. The predicted octanol–water partition coefficient (Wildman–Crippen LogP) is 1.34. The van der Waals surface area contributed by atoms with Crippen molar-refractivity contribution < 1.29 is 22.7 Å².